The predicted octanol–water partition coefficient (Wildman–Crippen LogP) is 2.31. The van der Waals surface area contributed by atoms with Gasteiger partial charge < -0.3 is 10.5 Å². The minimum Gasteiger partial charge on any atom is -0.372 e. The molecule has 0 aromatic heterocycles. The van der Waals surface area contributed by atoms with E-state index in [1.54, 1.807) is 6.07 Å². The molecule has 3 heteroatoms. The molecule has 2 nitrogen and oxygen atoms in total. The lowest BCUT2D eigenvalue weighted by Gasteiger charge is -2.30. The molecule has 0 aliphatic carbocycles. The molecule has 82 valence electrons. The van der Waals surface area contributed by atoms with Crippen molar-refractivity contribution in [2.24, 2.45) is 5.73 Å². The molecule has 1 heterocycles. The van der Waals surface area contributed by atoms with Crippen LogP contribution in [-0.2, 0) is 4.74 Å². The predicted molar refractivity (Wildman–Crippen MR) is 57.0 cm³/mol. The topological polar surface area (TPSA) is 35.2 Å². The van der Waals surface area contributed by atoms with E-state index in [1.807, 2.05) is 6.92 Å². The average Bonchev–Trinajstić information content (AvgIpc) is 2.23. The highest BCUT2D eigenvalue weighted by Gasteiger charge is 2.25. The Morgan fingerprint density at radius 3 is 3.00 bits per heavy atom. The van der Waals surface area contributed by atoms with Crippen molar-refractivity contribution in [2.75, 3.05) is 6.61 Å². The number of hydrogen-bond acceptors (Lipinski definition) is 2. The highest BCUT2D eigenvalue weighted by Crippen LogP contribution is 2.29. The third-order valence-corrected chi connectivity index (χ3v) is 2.92. The van der Waals surface area contributed by atoms with Gasteiger partial charge in [-0.05, 0) is 43.0 Å². The van der Waals surface area contributed by atoms with Crippen LogP contribution in [0.4, 0.5) is 4.39 Å². The van der Waals surface area contributed by atoms with Gasteiger partial charge in [0, 0.05) is 12.6 Å². The Bertz CT molecular complexity index is 353. The van der Waals surface area contributed by atoms with Gasteiger partial charge in [0.1, 0.15) is 5.82 Å². The highest BCUT2D eigenvalue weighted by atomic mass is 19.1. The van der Waals surface area contributed by atoms with Gasteiger partial charge in [0.2, 0.25) is 0 Å². The first kappa shape index (κ1) is 10.6. The Kier molecular flexibility index (Phi) is 3.03. The van der Waals surface area contributed by atoms with Crippen LogP contribution < -0.4 is 5.73 Å². The number of aryl methyl sites for hydroxylation is 1. The summed E-state index contributed by atoms with van der Waals surface area (Å²) in [5.41, 5.74) is 7.91. The second kappa shape index (κ2) is 4.29. The quantitative estimate of drug-likeness (QED) is 0.770. The van der Waals surface area contributed by atoms with E-state index in [2.05, 4.69) is 0 Å². The Morgan fingerprint density at radius 2 is 2.27 bits per heavy atom. The SMILES string of the molecule is Cc1ccc(F)cc1C1OCCCC1N. The van der Waals surface area contributed by atoms with E-state index < -0.39 is 0 Å². The summed E-state index contributed by atoms with van der Waals surface area (Å²) in [6.07, 6.45) is 1.79. The van der Waals surface area contributed by atoms with Gasteiger partial charge in [0.05, 0.1) is 6.10 Å². The zero-order valence-electron chi connectivity index (χ0n) is 8.87. The van der Waals surface area contributed by atoms with E-state index in [0.29, 0.717) is 6.61 Å². The van der Waals surface area contributed by atoms with Crippen LogP contribution in [0.2, 0.25) is 0 Å². The molecule has 1 aliphatic rings. The standard InChI is InChI=1S/C12H16FNO/c1-8-4-5-9(13)7-10(8)12-11(14)3-2-6-15-12/h4-5,7,11-12H,2-3,6,14H2,1H3. The first-order valence-corrected chi connectivity index (χ1v) is 5.31. The molecule has 0 spiro atoms. The monoisotopic (exact) mass is 209 g/mol. The number of nitrogens with two attached hydrogens (primary N) is 1. The lowest BCUT2D eigenvalue weighted by molar-refractivity contribution is -0.000376. The van der Waals surface area contributed by atoms with Crippen LogP contribution in [0.3, 0.4) is 0 Å². The summed E-state index contributed by atoms with van der Waals surface area (Å²) in [6.45, 7) is 2.67. The molecule has 2 N–H and O–H groups in total. The summed E-state index contributed by atoms with van der Waals surface area (Å²) in [5, 5.41) is 0. The zero-order chi connectivity index (χ0) is 10.8. The Morgan fingerprint density at radius 1 is 1.47 bits per heavy atom. The van der Waals surface area contributed by atoms with Gasteiger partial charge in [-0.2, -0.15) is 0 Å². The van der Waals surface area contributed by atoms with E-state index in [9.17, 15) is 4.39 Å². The largest absolute Gasteiger partial charge is 0.372 e. The van der Waals surface area contributed by atoms with Gasteiger partial charge >= 0.3 is 0 Å². The molecule has 1 saturated heterocycles. The number of hydrogen-bond donors (Lipinski definition) is 1. The lowest BCUT2D eigenvalue weighted by atomic mass is 9.94. The van der Waals surface area contributed by atoms with Crippen LogP contribution in [0.15, 0.2) is 18.2 Å². The molecule has 0 saturated carbocycles. The van der Waals surface area contributed by atoms with E-state index in [0.717, 1.165) is 24.0 Å². The van der Waals surface area contributed by atoms with Crippen LogP contribution in [0.5, 0.6) is 0 Å². The van der Waals surface area contributed by atoms with E-state index >= 15 is 0 Å². The molecule has 1 fully saturated rings. The summed E-state index contributed by atoms with van der Waals surface area (Å²) in [7, 11) is 0. The van der Waals surface area contributed by atoms with Crippen LogP contribution in [-0.4, -0.2) is 12.6 Å². The zero-order valence-corrected chi connectivity index (χ0v) is 8.87. The first-order valence-electron chi connectivity index (χ1n) is 5.31. The second-order valence-electron chi connectivity index (χ2n) is 4.10. The van der Waals surface area contributed by atoms with Gasteiger partial charge in [0.15, 0.2) is 0 Å². The summed E-state index contributed by atoms with van der Waals surface area (Å²) in [4.78, 5) is 0. The van der Waals surface area contributed by atoms with E-state index in [4.69, 9.17) is 10.5 Å². The summed E-state index contributed by atoms with van der Waals surface area (Å²) in [6, 6.07) is 4.76. The van der Waals surface area contributed by atoms with Crippen molar-refractivity contribution in [2.45, 2.75) is 31.9 Å². The molecule has 1 aromatic rings. The molecular formula is C12H16FNO. The van der Waals surface area contributed by atoms with Crippen molar-refractivity contribution in [3.05, 3.63) is 35.1 Å². The molecule has 2 atom stereocenters. The van der Waals surface area contributed by atoms with Gasteiger partial charge in [-0.25, -0.2) is 4.39 Å². The molecule has 1 aromatic carbocycles. The van der Waals surface area contributed by atoms with Crippen molar-refractivity contribution in [1.82, 2.24) is 0 Å². The smallest absolute Gasteiger partial charge is 0.123 e. The maximum absolute atomic E-state index is 13.1. The van der Waals surface area contributed by atoms with Crippen LogP contribution in [0, 0.1) is 12.7 Å². The molecule has 15 heavy (non-hydrogen) atoms. The number of benzene rings is 1. The highest BCUT2D eigenvalue weighted by molar-refractivity contribution is 5.29. The van der Waals surface area contributed by atoms with Crippen LogP contribution >= 0.6 is 0 Å². The minimum absolute atomic E-state index is 0.0146. The Balaban J connectivity index is 2.30. The van der Waals surface area contributed by atoms with Crippen molar-refractivity contribution in [3.63, 3.8) is 0 Å². The van der Waals surface area contributed by atoms with Crippen molar-refractivity contribution in [1.29, 1.82) is 0 Å². The van der Waals surface area contributed by atoms with Crippen molar-refractivity contribution < 1.29 is 9.13 Å². The molecule has 2 rings (SSSR count). The molecule has 0 bridgehead atoms. The van der Waals surface area contributed by atoms with Crippen LogP contribution in [0.1, 0.15) is 30.1 Å². The molecule has 0 amide bonds. The second-order valence-corrected chi connectivity index (χ2v) is 4.10. The van der Waals surface area contributed by atoms with E-state index in [1.165, 1.54) is 12.1 Å². The Labute approximate surface area is 89.2 Å². The fraction of sp³-hybridized carbons (Fsp3) is 0.500. The maximum atomic E-state index is 13.1. The maximum Gasteiger partial charge on any atom is 0.123 e. The molecule has 2 unspecified atom stereocenters. The first-order chi connectivity index (χ1) is 7.18. The number of halogens is 1. The van der Waals surface area contributed by atoms with Gasteiger partial charge in [-0.3, -0.25) is 0 Å². The Hall–Kier alpha value is -0.930. The average molecular weight is 209 g/mol. The summed E-state index contributed by atoms with van der Waals surface area (Å²) < 4.78 is 18.8. The van der Waals surface area contributed by atoms with Crippen LogP contribution in [0.25, 0.3) is 0 Å². The lowest BCUT2D eigenvalue weighted by Crippen LogP contribution is -2.34. The third-order valence-electron chi connectivity index (χ3n) is 2.92. The molecular weight excluding hydrogens is 193 g/mol. The fourth-order valence-electron chi connectivity index (χ4n) is 2.04. The fourth-order valence-corrected chi connectivity index (χ4v) is 2.04. The normalized spacial score (nSPS) is 26.6. The van der Waals surface area contributed by atoms with Gasteiger partial charge in [-0.1, -0.05) is 6.07 Å². The number of rotatable bonds is 1. The third kappa shape index (κ3) is 2.19. The van der Waals surface area contributed by atoms with E-state index in [-0.39, 0.29) is 18.0 Å². The minimum atomic E-state index is -0.225. The molecule has 1 aliphatic heterocycles. The van der Waals surface area contributed by atoms with Crippen molar-refractivity contribution >= 4 is 0 Å². The summed E-state index contributed by atoms with van der Waals surface area (Å²) in [5.74, 6) is -0.225. The van der Waals surface area contributed by atoms with Gasteiger partial charge in [-0.15, -0.1) is 0 Å². The molecule has 0 radical (unpaired) electrons. The number of ether oxygens (including phenoxy) is 1. The summed E-state index contributed by atoms with van der Waals surface area (Å²) >= 11 is 0. The van der Waals surface area contributed by atoms with Crippen molar-refractivity contribution in [3.8, 4) is 0 Å². The van der Waals surface area contributed by atoms with Gasteiger partial charge in [0.25, 0.3) is 0 Å².